The highest BCUT2D eigenvalue weighted by Crippen LogP contribution is 2.21. The quantitative estimate of drug-likeness (QED) is 0.518. The number of carbonyl (C=O) groups is 1. The van der Waals surface area contributed by atoms with Crippen molar-refractivity contribution in [1.29, 1.82) is 0 Å². The maximum atomic E-state index is 11.1. The molecule has 0 unspecified atom stereocenters. The standard InChI is InChI=1S/C19H15ClN2O2/c1-12(14-7-6-13-4-2-3-5-15(13)10-14)21-22-16-8-9-18(20)17(11-16)19(23)24/h2-11,22H,1H3,(H,23,24)/b21-12-. The molecule has 0 bridgehead atoms. The Morgan fingerprint density at radius 3 is 2.54 bits per heavy atom. The van der Waals surface area contributed by atoms with Gasteiger partial charge in [0.15, 0.2) is 0 Å². The summed E-state index contributed by atoms with van der Waals surface area (Å²) in [5, 5.41) is 15.9. The summed E-state index contributed by atoms with van der Waals surface area (Å²) in [5.41, 5.74) is 5.28. The van der Waals surface area contributed by atoms with E-state index in [4.69, 9.17) is 16.7 Å². The third kappa shape index (κ3) is 3.39. The first-order valence-electron chi connectivity index (χ1n) is 7.37. The number of halogens is 1. The predicted molar refractivity (Wildman–Crippen MR) is 98.2 cm³/mol. The van der Waals surface area contributed by atoms with Gasteiger partial charge in [-0.15, -0.1) is 0 Å². The fourth-order valence-corrected chi connectivity index (χ4v) is 2.58. The summed E-state index contributed by atoms with van der Waals surface area (Å²) in [6, 6.07) is 18.9. The lowest BCUT2D eigenvalue weighted by Gasteiger charge is -2.07. The van der Waals surface area contributed by atoms with Gasteiger partial charge in [-0.2, -0.15) is 5.10 Å². The number of hydrogen-bond acceptors (Lipinski definition) is 3. The number of anilines is 1. The summed E-state index contributed by atoms with van der Waals surface area (Å²) in [7, 11) is 0. The molecular formula is C19H15ClN2O2. The van der Waals surface area contributed by atoms with E-state index in [1.807, 2.05) is 25.1 Å². The number of fused-ring (bicyclic) bond motifs is 1. The van der Waals surface area contributed by atoms with Crippen LogP contribution < -0.4 is 5.43 Å². The molecule has 0 amide bonds. The highest BCUT2D eigenvalue weighted by molar-refractivity contribution is 6.33. The first-order chi connectivity index (χ1) is 11.5. The van der Waals surface area contributed by atoms with Gasteiger partial charge in [-0.1, -0.05) is 48.0 Å². The molecule has 0 fully saturated rings. The molecule has 24 heavy (non-hydrogen) atoms. The Kier molecular flexibility index (Phi) is 4.49. The molecule has 0 spiro atoms. The lowest BCUT2D eigenvalue weighted by molar-refractivity contribution is 0.0697. The van der Waals surface area contributed by atoms with Crippen molar-refractivity contribution in [1.82, 2.24) is 0 Å². The minimum Gasteiger partial charge on any atom is -0.478 e. The Hall–Kier alpha value is -2.85. The molecule has 5 heteroatoms. The highest BCUT2D eigenvalue weighted by Gasteiger charge is 2.09. The Morgan fingerprint density at radius 2 is 1.79 bits per heavy atom. The topological polar surface area (TPSA) is 61.7 Å². The molecule has 0 heterocycles. The Morgan fingerprint density at radius 1 is 1.04 bits per heavy atom. The van der Waals surface area contributed by atoms with Crippen molar-refractivity contribution in [3.05, 3.63) is 76.8 Å². The van der Waals surface area contributed by atoms with Crippen molar-refractivity contribution < 1.29 is 9.90 Å². The molecule has 4 nitrogen and oxygen atoms in total. The maximum absolute atomic E-state index is 11.1. The third-order valence-electron chi connectivity index (χ3n) is 3.72. The fourth-order valence-electron chi connectivity index (χ4n) is 2.39. The average molecular weight is 339 g/mol. The van der Waals surface area contributed by atoms with Crippen LogP contribution in [0.25, 0.3) is 10.8 Å². The summed E-state index contributed by atoms with van der Waals surface area (Å²) < 4.78 is 0. The summed E-state index contributed by atoms with van der Waals surface area (Å²) in [4.78, 5) is 11.1. The number of carboxylic acids is 1. The predicted octanol–water partition coefficient (Wildman–Crippen LogP) is 5.03. The van der Waals surface area contributed by atoms with Crippen LogP contribution in [-0.2, 0) is 0 Å². The molecule has 0 atom stereocenters. The van der Waals surface area contributed by atoms with Gasteiger partial charge in [0.25, 0.3) is 0 Å². The summed E-state index contributed by atoms with van der Waals surface area (Å²) in [6.07, 6.45) is 0. The van der Waals surface area contributed by atoms with E-state index in [2.05, 4.69) is 34.8 Å². The van der Waals surface area contributed by atoms with Gasteiger partial charge in [-0.3, -0.25) is 5.43 Å². The van der Waals surface area contributed by atoms with Crippen LogP contribution in [0, 0.1) is 0 Å². The molecule has 3 aromatic carbocycles. The molecule has 0 radical (unpaired) electrons. The van der Waals surface area contributed by atoms with Gasteiger partial charge >= 0.3 is 5.97 Å². The minimum atomic E-state index is -1.07. The smallest absolute Gasteiger partial charge is 0.337 e. The van der Waals surface area contributed by atoms with Gasteiger partial charge in [-0.25, -0.2) is 4.79 Å². The number of benzene rings is 3. The van der Waals surface area contributed by atoms with Crippen LogP contribution in [0.4, 0.5) is 5.69 Å². The molecule has 0 aliphatic rings. The van der Waals surface area contributed by atoms with Crippen molar-refractivity contribution >= 4 is 39.7 Å². The molecule has 0 saturated heterocycles. The second-order valence-corrected chi connectivity index (χ2v) is 5.78. The first kappa shape index (κ1) is 16.0. The van der Waals surface area contributed by atoms with Crippen LogP contribution >= 0.6 is 11.6 Å². The number of aromatic carboxylic acids is 1. The van der Waals surface area contributed by atoms with Crippen LogP contribution in [0.5, 0.6) is 0 Å². The van der Waals surface area contributed by atoms with Crippen molar-refractivity contribution in [3.8, 4) is 0 Å². The zero-order valence-electron chi connectivity index (χ0n) is 13.0. The second-order valence-electron chi connectivity index (χ2n) is 5.37. The van der Waals surface area contributed by atoms with Gasteiger partial charge in [0.1, 0.15) is 0 Å². The van der Waals surface area contributed by atoms with Gasteiger partial charge in [0.2, 0.25) is 0 Å². The number of nitrogens with zero attached hydrogens (tertiary/aromatic N) is 1. The number of hydrazone groups is 1. The highest BCUT2D eigenvalue weighted by atomic mass is 35.5. The lowest BCUT2D eigenvalue weighted by atomic mass is 10.0. The van der Waals surface area contributed by atoms with Crippen molar-refractivity contribution in [2.45, 2.75) is 6.92 Å². The summed E-state index contributed by atoms with van der Waals surface area (Å²) in [5.74, 6) is -1.07. The number of hydrogen-bond donors (Lipinski definition) is 2. The molecule has 3 rings (SSSR count). The minimum absolute atomic E-state index is 0.0419. The van der Waals surface area contributed by atoms with Crippen LogP contribution in [-0.4, -0.2) is 16.8 Å². The summed E-state index contributed by atoms with van der Waals surface area (Å²) in [6.45, 7) is 1.89. The molecule has 3 aromatic rings. The van der Waals surface area contributed by atoms with E-state index >= 15 is 0 Å². The first-order valence-corrected chi connectivity index (χ1v) is 7.75. The third-order valence-corrected chi connectivity index (χ3v) is 4.05. The van der Waals surface area contributed by atoms with Gasteiger partial charge in [0.05, 0.1) is 22.0 Å². The van der Waals surface area contributed by atoms with E-state index in [-0.39, 0.29) is 10.6 Å². The normalized spacial score (nSPS) is 11.5. The van der Waals surface area contributed by atoms with Gasteiger partial charge in [0, 0.05) is 0 Å². The van der Waals surface area contributed by atoms with Crippen LogP contribution in [0.15, 0.2) is 65.8 Å². The van der Waals surface area contributed by atoms with E-state index in [1.54, 1.807) is 6.07 Å². The second kappa shape index (κ2) is 6.72. The van der Waals surface area contributed by atoms with E-state index in [0.717, 1.165) is 16.7 Å². The Labute approximate surface area is 144 Å². The van der Waals surface area contributed by atoms with Crippen molar-refractivity contribution in [3.63, 3.8) is 0 Å². The number of nitrogens with one attached hydrogen (secondary N) is 1. The molecule has 0 aliphatic heterocycles. The number of carboxylic acid groups (broad SMARTS) is 1. The van der Waals surface area contributed by atoms with Crippen molar-refractivity contribution in [2.24, 2.45) is 5.10 Å². The molecule has 120 valence electrons. The monoisotopic (exact) mass is 338 g/mol. The van der Waals surface area contributed by atoms with E-state index in [9.17, 15) is 4.79 Å². The average Bonchev–Trinajstić information content (AvgIpc) is 2.60. The molecule has 2 N–H and O–H groups in total. The molecule has 0 aliphatic carbocycles. The summed E-state index contributed by atoms with van der Waals surface area (Å²) >= 11 is 5.86. The Balaban J connectivity index is 1.85. The zero-order valence-corrected chi connectivity index (χ0v) is 13.7. The zero-order chi connectivity index (χ0) is 17.1. The van der Waals surface area contributed by atoms with E-state index in [0.29, 0.717) is 5.69 Å². The maximum Gasteiger partial charge on any atom is 0.337 e. The van der Waals surface area contributed by atoms with E-state index < -0.39 is 5.97 Å². The van der Waals surface area contributed by atoms with Gasteiger partial charge in [-0.05, 0) is 47.5 Å². The van der Waals surface area contributed by atoms with Gasteiger partial charge < -0.3 is 5.11 Å². The van der Waals surface area contributed by atoms with E-state index in [1.165, 1.54) is 17.5 Å². The van der Waals surface area contributed by atoms with Crippen molar-refractivity contribution in [2.75, 3.05) is 5.43 Å². The lowest BCUT2D eigenvalue weighted by Crippen LogP contribution is -2.02. The largest absolute Gasteiger partial charge is 0.478 e. The van der Waals surface area contributed by atoms with Crippen LogP contribution in [0.3, 0.4) is 0 Å². The van der Waals surface area contributed by atoms with Crippen LogP contribution in [0.1, 0.15) is 22.8 Å². The van der Waals surface area contributed by atoms with Crippen LogP contribution in [0.2, 0.25) is 5.02 Å². The molecule has 0 aromatic heterocycles. The molecule has 0 saturated carbocycles. The Bertz CT molecular complexity index is 951. The fraction of sp³-hybridized carbons (Fsp3) is 0.0526. The number of rotatable bonds is 4. The SMILES string of the molecule is C/C(=N/Nc1ccc(Cl)c(C(=O)O)c1)c1ccc2ccccc2c1. The molecular weight excluding hydrogens is 324 g/mol.